The molecule has 10 nitrogen and oxygen atoms in total. The Balaban J connectivity index is 1.75. The minimum atomic E-state index is -4.53. The maximum atomic E-state index is 13.0. The number of aryl methyl sites for hydroxylation is 1. The van der Waals surface area contributed by atoms with Crippen LogP contribution in [0.1, 0.15) is 37.9 Å². The Morgan fingerprint density at radius 1 is 1.38 bits per heavy atom. The predicted molar refractivity (Wildman–Crippen MR) is 128 cm³/mol. The van der Waals surface area contributed by atoms with E-state index in [1.54, 1.807) is 22.7 Å². The number of fused-ring (bicyclic) bond motifs is 2. The molecule has 204 valence electrons. The molecule has 1 aliphatic heterocycles. The second-order valence-corrected chi connectivity index (χ2v) is 9.37. The lowest BCUT2D eigenvalue weighted by atomic mass is 10.0. The second kappa shape index (κ2) is 12.4. The average Bonchev–Trinajstić information content (AvgIpc) is 3.31. The fourth-order valence-corrected chi connectivity index (χ4v) is 4.04. The molecule has 3 atom stereocenters. The van der Waals surface area contributed by atoms with Crippen LogP contribution >= 0.6 is 0 Å². The van der Waals surface area contributed by atoms with Crippen molar-refractivity contribution in [2.24, 2.45) is 5.92 Å². The molecular weight excluding hydrogens is 493 g/mol. The number of alkyl halides is 3. The fraction of sp³-hybridized carbons (Fsp3) is 0.583. The molecule has 0 unspecified atom stereocenters. The molecule has 3 amide bonds. The van der Waals surface area contributed by atoms with Crippen LogP contribution in [0.2, 0.25) is 0 Å². The van der Waals surface area contributed by atoms with Gasteiger partial charge in [0, 0.05) is 44.7 Å². The molecule has 1 aromatic heterocycles. The Morgan fingerprint density at radius 2 is 2.14 bits per heavy atom. The minimum Gasteiger partial charge on any atom is -0.394 e. The standard InChI is InChI=1S/C24H33F3N6O4/c1-16-11-33(17(2)14-34)22(35)8-5-9-32-12-20(29-30-32)15-37-21(16)13-31(3)23(36)28-19-7-4-6-18(10-19)24(25,26)27/h4,6-7,10,12,16-17,21,34H,5,8-9,11,13-15H2,1-3H3,(H,28,36)/t16-,17+,21+/m0/s1. The highest BCUT2D eigenvalue weighted by Crippen LogP contribution is 2.30. The summed E-state index contributed by atoms with van der Waals surface area (Å²) < 4.78 is 46.8. The number of nitrogens with one attached hydrogen (secondary N) is 1. The molecule has 2 bridgehead atoms. The van der Waals surface area contributed by atoms with E-state index in [0.29, 0.717) is 25.2 Å². The first-order chi connectivity index (χ1) is 17.5. The zero-order valence-corrected chi connectivity index (χ0v) is 21.1. The smallest absolute Gasteiger partial charge is 0.394 e. The lowest BCUT2D eigenvalue weighted by molar-refractivity contribution is -0.137. The number of likely N-dealkylation sites (N-methyl/N-ethyl adjacent to an activating group) is 1. The molecule has 1 aliphatic rings. The van der Waals surface area contributed by atoms with Crippen molar-refractivity contribution in [3.63, 3.8) is 0 Å². The number of anilines is 1. The van der Waals surface area contributed by atoms with Gasteiger partial charge < -0.3 is 25.0 Å². The Hall–Kier alpha value is -3.19. The lowest BCUT2D eigenvalue weighted by Gasteiger charge is -2.35. The number of carbonyl (C=O) groups excluding carboxylic acids is 2. The Morgan fingerprint density at radius 3 is 2.84 bits per heavy atom. The lowest BCUT2D eigenvalue weighted by Crippen LogP contribution is -2.48. The molecule has 37 heavy (non-hydrogen) atoms. The van der Waals surface area contributed by atoms with Gasteiger partial charge in [-0.1, -0.05) is 18.2 Å². The normalized spacial score (nSPS) is 20.4. The summed E-state index contributed by atoms with van der Waals surface area (Å²) in [7, 11) is 1.51. The van der Waals surface area contributed by atoms with Crippen LogP contribution in [0.25, 0.3) is 0 Å². The van der Waals surface area contributed by atoms with E-state index >= 15 is 0 Å². The van der Waals surface area contributed by atoms with Crippen molar-refractivity contribution in [2.75, 3.05) is 32.1 Å². The van der Waals surface area contributed by atoms with Crippen molar-refractivity contribution in [1.82, 2.24) is 24.8 Å². The van der Waals surface area contributed by atoms with E-state index in [0.717, 1.165) is 12.1 Å². The third-order valence-electron chi connectivity index (χ3n) is 6.29. The van der Waals surface area contributed by atoms with Crippen molar-refractivity contribution in [3.05, 3.63) is 41.7 Å². The quantitative estimate of drug-likeness (QED) is 0.620. The third kappa shape index (κ3) is 7.89. The number of aromatic nitrogens is 3. The summed E-state index contributed by atoms with van der Waals surface area (Å²) in [5.41, 5.74) is -0.254. The van der Waals surface area contributed by atoms with Crippen LogP contribution in [0.3, 0.4) is 0 Å². The molecule has 0 saturated heterocycles. The number of amides is 3. The van der Waals surface area contributed by atoms with Gasteiger partial charge in [0.25, 0.3) is 0 Å². The molecule has 0 fully saturated rings. The molecule has 2 aromatic rings. The van der Waals surface area contributed by atoms with E-state index in [2.05, 4.69) is 15.6 Å². The Bertz CT molecular complexity index is 1060. The summed E-state index contributed by atoms with van der Waals surface area (Å²) in [5, 5.41) is 20.3. The molecule has 0 aliphatic carbocycles. The number of aliphatic hydroxyl groups is 1. The second-order valence-electron chi connectivity index (χ2n) is 9.37. The molecule has 1 aromatic carbocycles. The maximum Gasteiger partial charge on any atom is 0.416 e. The predicted octanol–water partition coefficient (Wildman–Crippen LogP) is 2.99. The molecule has 0 radical (unpaired) electrons. The molecule has 2 N–H and O–H groups in total. The average molecular weight is 527 g/mol. The number of carbonyl (C=O) groups is 2. The van der Waals surface area contributed by atoms with Crippen LogP contribution in [0.5, 0.6) is 0 Å². The zero-order chi connectivity index (χ0) is 27.2. The summed E-state index contributed by atoms with van der Waals surface area (Å²) in [6.45, 7) is 4.46. The summed E-state index contributed by atoms with van der Waals surface area (Å²) in [6.07, 6.45) is -2.50. The van der Waals surface area contributed by atoms with Crippen LogP contribution in [-0.2, 0) is 28.9 Å². The number of rotatable bonds is 5. The Kier molecular flexibility index (Phi) is 9.49. The summed E-state index contributed by atoms with van der Waals surface area (Å²) in [6, 6.07) is 3.38. The summed E-state index contributed by atoms with van der Waals surface area (Å²) in [5.74, 6) is -0.361. The van der Waals surface area contributed by atoms with Crippen molar-refractivity contribution >= 4 is 17.6 Å². The van der Waals surface area contributed by atoms with E-state index in [1.165, 1.54) is 24.1 Å². The van der Waals surface area contributed by atoms with E-state index in [4.69, 9.17) is 4.74 Å². The van der Waals surface area contributed by atoms with Gasteiger partial charge >= 0.3 is 12.2 Å². The van der Waals surface area contributed by atoms with Gasteiger partial charge in [-0.2, -0.15) is 13.2 Å². The van der Waals surface area contributed by atoms with E-state index in [1.807, 2.05) is 6.92 Å². The van der Waals surface area contributed by atoms with Crippen LogP contribution in [0.15, 0.2) is 30.5 Å². The van der Waals surface area contributed by atoms with Crippen molar-refractivity contribution in [1.29, 1.82) is 0 Å². The van der Waals surface area contributed by atoms with Crippen molar-refractivity contribution in [2.45, 2.75) is 58.2 Å². The van der Waals surface area contributed by atoms with Crippen LogP contribution in [0, 0.1) is 5.92 Å². The maximum absolute atomic E-state index is 13.0. The van der Waals surface area contributed by atoms with Gasteiger partial charge in [0.05, 0.1) is 37.1 Å². The number of hydrogen-bond acceptors (Lipinski definition) is 6. The number of urea groups is 1. The summed E-state index contributed by atoms with van der Waals surface area (Å²) >= 11 is 0. The van der Waals surface area contributed by atoms with E-state index in [-0.39, 0.29) is 43.7 Å². The Labute approximate surface area is 213 Å². The van der Waals surface area contributed by atoms with Crippen molar-refractivity contribution in [3.8, 4) is 0 Å². The molecule has 2 heterocycles. The van der Waals surface area contributed by atoms with Gasteiger partial charge in [-0.05, 0) is 31.5 Å². The van der Waals surface area contributed by atoms with E-state index in [9.17, 15) is 27.9 Å². The first kappa shape index (κ1) is 28.4. The van der Waals surface area contributed by atoms with E-state index < -0.39 is 29.9 Å². The number of nitrogens with zero attached hydrogens (tertiary/aromatic N) is 5. The number of hydrogen-bond donors (Lipinski definition) is 2. The number of ether oxygens (including phenoxy) is 1. The van der Waals surface area contributed by atoms with Gasteiger partial charge in [0.15, 0.2) is 0 Å². The molecular formula is C24H33F3N6O4. The fourth-order valence-electron chi connectivity index (χ4n) is 4.04. The third-order valence-corrected chi connectivity index (χ3v) is 6.29. The van der Waals surface area contributed by atoms with Gasteiger partial charge in [-0.15, -0.1) is 5.10 Å². The topological polar surface area (TPSA) is 113 Å². The monoisotopic (exact) mass is 526 g/mol. The number of benzene rings is 1. The largest absolute Gasteiger partial charge is 0.416 e. The molecule has 0 saturated carbocycles. The highest BCUT2D eigenvalue weighted by molar-refractivity contribution is 5.89. The summed E-state index contributed by atoms with van der Waals surface area (Å²) in [4.78, 5) is 28.7. The zero-order valence-electron chi connectivity index (χ0n) is 21.1. The SMILES string of the molecule is C[C@H](CO)N1C[C@H](C)[C@@H](CN(C)C(=O)Nc2cccc(C(F)(F)F)c2)OCc2cn(nn2)CCCC1=O. The van der Waals surface area contributed by atoms with Crippen molar-refractivity contribution < 1.29 is 32.6 Å². The first-order valence-corrected chi connectivity index (χ1v) is 12.1. The minimum absolute atomic E-state index is 0.0146. The highest BCUT2D eigenvalue weighted by atomic mass is 19.4. The van der Waals surface area contributed by atoms with Crippen LogP contribution in [0.4, 0.5) is 23.7 Å². The number of halogens is 3. The van der Waals surface area contributed by atoms with Gasteiger partial charge in [0.1, 0.15) is 5.69 Å². The highest BCUT2D eigenvalue weighted by Gasteiger charge is 2.31. The van der Waals surface area contributed by atoms with Gasteiger partial charge in [-0.3, -0.25) is 9.48 Å². The molecule has 0 spiro atoms. The van der Waals surface area contributed by atoms with Crippen LogP contribution < -0.4 is 5.32 Å². The number of aliphatic hydroxyl groups excluding tert-OH is 1. The molecule has 13 heteroatoms. The van der Waals surface area contributed by atoms with Crippen LogP contribution in [-0.4, -0.2) is 80.7 Å². The van der Waals surface area contributed by atoms with Gasteiger partial charge in [0.2, 0.25) is 5.91 Å². The van der Waals surface area contributed by atoms with Gasteiger partial charge in [-0.25, -0.2) is 4.79 Å². The molecule has 3 rings (SSSR count). The first-order valence-electron chi connectivity index (χ1n) is 12.1.